The van der Waals surface area contributed by atoms with E-state index in [0.29, 0.717) is 11.8 Å². The van der Waals surface area contributed by atoms with E-state index in [1.165, 1.54) is 0 Å². The van der Waals surface area contributed by atoms with E-state index < -0.39 is 0 Å². The Hall–Kier alpha value is -0.720. The number of allylic oxidation sites excluding steroid dienone is 1. The van der Waals surface area contributed by atoms with E-state index in [1.54, 1.807) is 6.08 Å². The van der Waals surface area contributed by atoms with Crippen molar-refractivity contribution in [2.45, 2.75) is 5.88 Å². The third-order valence-electron chi connectivity index (χ3n) is 2.03. The van der Waals surface area contributed by atoms with Crippen molar-refractivity contribution in [3.05, 3.63) is 48.0 Å². The van der Waals surface area contributed by atoms with Crippen molar-refractivity contribution >= 4 is 34.9 Å². The summed E-state index contributed by atoms with van der Waals surface area (Å²) in [6, 6.07) is 5.97. The van der Waals surface area contributed by atoms with Gasteiger partial charge in [0, 0.05) is 11.8 Å². The molecule has 0 fully saturated rings. The van der Waals surface area contributed by atoms with Gasteiger partial charge in [0.1, 0.15) is 0 Å². The summed E-state index contributed by atoms with van der Waals surface area (Å²) in [5.74, 6) is 0.923. The van der Waals surface area contributed by atoms with Crippen LogP contribution in [-0.4, -0.2) is 5.88 Å². The molecule has 74 valence electrons. The topological polar surface area (TPSA) is 0 Å². The summed E-state index contributed by atoms with van der Waals surface area (Å²) >= 11 is 11.5. The van der Waals surface area contributed by atoms with E-state index in [-0.39, 0.29) is 0 Å². The second kappa shape index (κ2) is 5.23. The van der Waals surface area contributed by atoms with Crippen LogP contribution in [0.15, 0.2) is 31.4 Å². The van der Waals surface area contributed by atoms with E-state index in [4.69, 9.17) is 23.2 Å². The van der Waals surface area contributed by atoms with E-state index in [2.05, 4.69) is 13.2 Å². The highest BCUT2D eigenvalue weighted by Crippen LogP contribution is 2.22. The summed E-state index contributed by atoms with van der Waals surface area (Å²) in [5, 5.41) is 0. The molecule has 0 radical (unpaired) electrons. The Balaban J connectivity index is 3.21. The maximum atomic E-state index is 5.75. The summed E-state index contributed by atoms with van der Waals surface area (Å²) in [6.07, 6.45) is 1.80. The normalized spacial score (nSPS) is 9.86. The molecule has 0 N–H and O–H groups in total. The second-order valence-corrected chi connectivity index (χ2v) is 3.53. The standard InChI is InChI=1S/C12H12Cl2/c1-3-11-5-4-10(8-14)6-12(11)9(2)7-13/h3-6H,1-2,7-8H2. The zero-order valence-corrected chi connectivity index (χ0v) is 9.41. The van der Waals surface area contributed by atoms with Crippen LogP contribution >= 0.6 is 23.2 Å². The first kappa shape index (κ1) is 11.4. The average Bonchev–Trinajstić information content (AvgIpc) is 2.27. The second-order valence-electron chi connectivity index (χ2n) is 3.00. The Labute approximate surface area is 94.8 Å². The van der Waals surface area contributed by atoms with Crippen LogP contribution in [0.1, 0.15) is 16.7 Å². The van der Waals surface area contributed by atoms with Crippen LogP contribution in [0.25, 0.3) is 11.6 Å². The van der Waals surface area contributed by atoms with Gasteiger partial charge in [-0.3, -0.25) is 0 Å². The van der Waals surface area contributed by atoms with Crippen molar-refractivity contribution in [3.63, 3.8) is 0 Å². The number of hydrogen-bond acceptors (Lipinski definition) is 0. The Morgan fingerprint density at radius 2 is 2.07 bits per heavy atom. The van der Waals surface area contributed by atoms with Gasteiger partial charge < -0.3 is 0 Å². The van der Waals surface area contributed by atoms with Crippen LogP contribution in [0.2, 0.25) is 0 Å². The van der Waals surface area contributed by atoms with Gasteiger partial charge >= 0.3 is 0 Å². The number of alkyl halides is 2. The highest BCUT2D eigenvalue weighted by Gasteiger charge is 2.04. The number of halogens is 2. The van der Waals surface area contributed by atoms with Crippen LogP contribution in [0, 0.1) is 0 Å². The van der Waals surface area contributed by atoms with Gasteiger partial charge in [-0.25, -0.2) is 0 Å². The third-order valence-corrected chi connectivity index (χ3v) is 2.67. The monoisotopic (exact) mass is 226 g/mol. The zero-order chi connectivity index (χ0) is 10.6. The summed E-state index contributed by atoms with van der Waals surface area (Å²) in [5.41, 5.74) is 4.05. The maximum absolute atomic E-state index is 5.75. The van der Waals surface area contributed by atoms with Gasteiger partial charge in [0.05, 0.1) is 0 Å². The number of rotatable bonds is 4. The molecule has 1 aromatic rings. The predicted molar refractivity (Wildman–Crippen MR) is 65.8 cm³/mol. The minimum Gasteiger partial charge on any atom is -0.122 e. The molecule has 0 aliphatic rings. The van der Waals surface area contributed by atoms with Gasteiger partial charge in [-0.2, -0.15) is 0 Å². The van der Waals surface area contributed by atoms with E-state index in [9.17, 15) is 0 Å². The third kappa shape index (κ3) is 2.40. The van der Waals surface area contributed by atoms with Crippen LogP contribution in [0.3, 0.4) is 0 Å². The summed E-state index contributed by atoms with van der Waals surface area (Å²) in [6.45, 7) is 7.65. The molecule has 0 spiro atoms. The Bertz CT molecular complexity index is 353. The van der Waals surface area contributed by atoms with Crippen molar-refractivity contribution in [1.29, 1.82) is 0 Å². The van der Waals surface area contributed by atoms with Crippen molar-refractivity contribution in [3.8, 4) is 0 Å². The summed E-state index contributed by atoms with van der Waals surface area (Å²) in [4.78, 5) is 0. The highest BCUT2D eigenvalue weighted by molar-refractivity contribution is 6.23. The molecular formula is C12H12Cl2. The molecule has 0 saturated carbocycles. The molecule has 0 saturated heterocycles. The van der Waals surface area contributed by atoms with E-state index >= 15 is 0 Å². The lowest BCUT2D eigenvalue weighted by Crippen LogP contribution is -1.91. The Morgan fingerprint density at radius 3 is 2.57 bits per heavy atom. The van der Waals surface area contributed by atoms with Crippen LogP contribution < -0.4 is 0 Å². The smallest absolute Gasteiger partial charge is 0.0474 e. The molecule has 0 amide bonds. The first-order chi connectivity index (χ1) is 6.72. The highest BCUT2D eigenvalue weighted by atomic mass is 35.5. The molecular weight excluding hydrogens is 215 g/mol. The van der Waals surface area contributed by atoms with Gasteiger partial charge in [-0.15, -0.1) is 23.2 Å². The van der Waals surface area contributed by atoms with Gasteiger partial charge in [-0.05, 0) is 28.3 Å². The number of benzene rings is 1. The van der Waals surface area contributed by atoms with E-state index in [1.807, 2.05) is 18.2 Å². The first-order valence-corrected chi connectivity index (χ1v) is 5.35. The predicted octanol–water partition coefficient (Wildman–Crippen LogP) is 4.32. The molecule has 0 nitrogen and oxygen atoms in total. The molecule has 0 heterocycles. The van der Waals surface area contributed by atoms with Crippen LogP contribution in [0.4, 0.5) is 0 Å². The van der Waals surface area contributed by atoms with Crippen molar-refractivity contribution < 1.29 is 0 Å². The fourth-order valence-electron chi connectivity index (χ4n) is 1.24. The average molecular weight is 227 g/mol. The fourth-order valence-corrected chi connectivity index (χ4v) is 1.55. The number of hydrogen-bond donors (Lipinski definition) is 0. The van der Waals surface area contributed by atoms with Gasteiger partial charge in [0.15, 0.2) is 0 Å². The molecule has 14 heavy (non-hydrogen) atoms. The quantitative estimate of drug-likeness (QED) is 0.672. The lowest BCUT2D eigenvalue weighted by atomic mass is 9.99. The van der Waals surface area contributed by atoms with Crippen LogP contribution in [0.5, 0.6) is 0 Å². The van der Waals surface area contributed by atoms with Gasteiger partial charge in [0.25, 0.3) is 0 Å². The van der Waals surface area contributed by atoms with Gasteiger partial charge in [-0.1, -0.05) is 31.4 Å². The maximum Gasteiger partial charge on any atom is 0.0474 e. The SMILES string of the molecule is C=Cc1ccc(CCl)cc1C(=C)CCl. The Morgan fingerprint density at radius 1 is 1.36 bits per heavy atom. The van der Waals surface area contributed by atoms with Crippen LogP contribution in [-0.2, 0) is 5.88 Å². The largest absolute Gasteiger partial charge is 0.122 e. The lowest BCUT2D eigenvalue weighted by molar-refractivity contribution is 1.37. The molecule has 0 aliphatic carbocycles. The molecule has 0 aliphatic heterocycles. The minimum atomic E-state index is 0.423. The molecule has 0 atom stereocenters. The lowest BCUT2D eigenvalue weighted by Gasteiger charge is -2.08. The van der Waals surface area contributed by atoms with Crippen molar-refractivity contribution in [1.82, 2.24) is 0 Å². The fraction of sp³-hybridized carbons (Fsp3) is 0.167. The molecule has 0 bridgehead atoms. The van der Waals surface area contributed by atoms with E-state index in [0.717, 1.165) is 22.3 Å². The zero-order valence-electron chi connectivity index (χ0n) is 7.89. The summed E-state index contributed by atoms with van der Waals surface area (Å²) < 4.78 is 0. The minimum absolute atomic E-state index is 0.423. The molecule has 0 unspecified atom stereocenters. The molecule has 0 aromatic heterocycles. The molecule has 1 aromatic carbocycles. The van der Waals surface area contributed by atoms with Crippen molar-refractivity contribution in [2.75, 3.05) is 5.88 Å². The van der Waals surface area contributed by atoms with Crippen molar-refractivity contribution in [2.24, 2.45) is 0 Å². The first-order valence-electron chi connectivity index (χ1n) is 4.28. The Kier molecular flexibility index (Phi) is 4.24. The molecule has 1 rings (SSSR count). The summed E-state index contributed by atoms with van der Waals surface area (Å²) in [7, 11) is 0. The molecule has 2 heteroatoms. The van der Waals surface area contributed by atoms with Gasteiger partial charge in [0.2, 0.25) is 0 Å².